The Hall–Kier alpha value is -2.98. The molecule has 1 aromatic heterocycles. The maximum Gasteiger partial charge on any atom is 0.227 e. The van der Waals surface area contributed by atoms with Crippen LogP contribution in [0.3, 0.4) is 0 Å². The van der Waals surface area contributed by atoms with Gasteiger partial charge in [0.25, 0.3) is 0 Å². The Kier molecular flexibility index (Phi) is 5.56. The van der Waals surface area contributed by atoms with Crippen LogP contribution in [0.25, 0.3) is 0 Å². The molecule has 0 bridgehead atoms. The third-order valence-corrected chi connectivity index (χ3v) is 8.13. The van der Waals surface area contributed by atoms with Crippen LogP contribution in [0.2, 0.25) is 0 Å². The van der Waals surface area contributed by atoms with E-state index in [0.717, 1.165) is 10.0 Å². The SMILES string of the molecule is COc1cncc2c1C1(O)[C@H](O)[C@H](C(=O)NC3COC3)[C@@H](c3ccccc3)[C@]1(c1ccc(Br)cc1)O2. The summed E-state index contributed by atoms with van der Waals surface area (Å²) in [6.45, 7) is 0.816. The van der Waals surface area contributed by atoms with E-state index in [4.69, 9.17) is 14.2 Å². The smallest absolute Gasteiger partial charge is 0.227 e. The predicted octanol–water partition coefficient (Wildman–Crippen LogP) is 2.62. The molecular weight excluding hydrogens is 528 g/mol. The van der Waals surface area contributed by atoms with Gasteiger partial charge in [0, 0.05) is 10.4 Å². The number of fused-ring (bicyclic) bond motifs is 3. The van der Waals surface area contributed by atoms with E-state index in [1.807, 2.05) is 54.6 Å². The molecule has 1 saturated carbocycles. The van der Waals surface area contributed by atoms with E-state index < -0.39 is 29.1 Å². The number of nitrogens with one attached hydrogen (secondary N) is 1. The van der Waals surface area contributed by atoms with Gasteiger partial charge in [0.2, 0.25) is 5.91 Å². The second kappa shape index (κ2) is 8.55. The van der Waals surface area contributed by atoms with Crippen LogP contribution in [-0.4, -0.2) is 53.6 Å². The molecule has 3 heterocycles. The van der Waals surface area contributed by atoms with E-state index in [2.05, 4.69) is 26.2 Å². The van der Waals surface area contributed by atoms with Crippen molar-refractivity contribution in [3.63, 3.8) is 0 Å². The van der Waals surface area contributed by atoms with Crippen molar-refractivity contribution < 1.29 is 29.2 Å². The first-order chi connectivity index (χ1) is 17.4. The quantitative estimate of drug-likeness (QED) is 0.446. The largest absolute Gasteiger partial charge is 0.495 e. The van der Waals surface area contributed by atoms with Crippen LogP contribution in [0, 0.1) is 5.92 Å². The Labute approximate surface area is 216 Å². The Morgan fingerprint density at radius 1 is 1.14 bits per heavy atom. The number of aliphatic hydroxyl groups excluding tert-OH is 1. The molecule has 9 heteroatoms. The van der Waals surface area contributed by atoms with Crippen molar-refractivity contribution in [2.75, 3.05) is 20.3 Å². The molecule has 0 spiro atoms. The minimum atomic E-state index is -2.02. The second-order valence-corrected chi connectivity index (χ2v) is 10.3. The Morgan fingerprint density at radius 3 is 2.50 bits per heavy atom. The van der Waals surface area contributed by atoms with E-state index in [1.54, 1.807) is 0 Å². The lowest BCUT2D eigenvalue weighted by molar-refractivity contribution is -0.155. The number of ether oxygens (including phenoxy) is 3. The maximum atomic E-state index is 13.8. The zero-order valence-corrected chi connectivity index (χ0v) is 21.0. The fourth-order valence-corrected chi connectivity index (χ4v) is 6.27. The van der Waals surface area contributed by atoms with Gasteiger partial charge in [-0.1, -0.05) is 58.4 Å². The van der Waals surface area contributed by atoms with E-state index in [-0.39, 0.29) is 23.3 Å². The molecule has 3 aromatic rings. The van der Waals surface area contributed by atoms with E-state index in [1.165, 1.54) is 19.5 Å². The molecule has 8 nitrogen and oxygen atoms in total. The molecule has 2 fully saturated rings. The van der Waals surface area contributed by atoms with Crippen LogP contribution in [-0.2, 0) is 20.7 Å². The number of halogens is 1. The monoisotopic (exact) mass is 552 g/mol. The van der Waals surface area contributed by atoms with Gasteiger partial charge in [-0.15, -0.1) is 0 Å². The fraction of sp³-hybridized carbons (Fsp3) is 0.333. The summed E-state index contributed by atoms with van der Waals surface area (Å²) in [7, 11) is 1.47. The van der Waals surface area contributed by atoms with Crippen LogP contribution < -0.4 is 14.8 Å². The number of aliphatic hydroxyl groups is 2. The number of benzene rings is 2. The van der Waals surface area contributed by atoms with E-state index in [9.17, 15) is 15.0 Å². The van der Waals surface area contributed by atoms with Gasteiger partial charge in [-0.2, -0.15) is 0 Å². The molecule has 3 aliphatic rings. The van der Waals surface area contributed by atoms with Crippen molar-refractivity contribution in [3.8, 4) is 11.5 Å². The number of methoxy groups -OCH3 is 1. The highest BCUT2D eigenvalue weighted by atomic mass is 79.9. The molecule has 3 N–H and O–H groups in total. The summed E-state index contributed by atoms with van der Waals surface area (Å²) >= 11 is 3.48. The highest BCUT2D eigenvalue weighted by molar-refractivity contribution is 9.10. The number of carbonyl (C=O) groups excluding carboxylic acids is 1. The summed E-state index contributed by atoms with van der Waals surface area (Å²) < 4.78 is 18.3. The number of rotatable bonds is 5. The molecule has 0 radical (unpaired) electrons. The summed E-state index contributed by atoms with van der Waals surface area (Å²) in [6, 6.07) is 16.6. The maximum absolute atomic E-state index is 13.8. The topological polar surface area (TPSA) is 110 Å². The summed E-state index contributed by atoms with van der Waals surface area (Å²) in [5.41, 5.74) is -1.94. The van der Waals surface area contributed by atoms with Crippen molar-refractivity contribution in [2.45, 2.75) is 29.3 Å². The Morgan fingerprint density at radius 2 is 1.86 bits per heavy atom. The van der Waals surface area contributed by atoms with Crippen molar-refractivity contribution in [1.82, 2.24) is 10.3 Å². The van der Waals surface area contributed by atoms with Crippen LogP contribution in [0.5, 0.6) is 11.5 Å². The van der Waals surface area contributed by atoms with Gasteiger partial charge in [-0.3, -0.25) is 9.78 Å². The van der Waals surface area contributed by atoms with Crippen LogP contribution in [0.15, 0.2) is 71.5 Å². The molecule has 1 amide bonds. The third kappa shape index (κ3) is 3.10. The predicted molar refractivity (Wildman–Crippen MR) is 133 cm³/mol. The number of nitrogens with zero attached hydrogens (tertiary/aromatic N) is 1. The number of aromatic nitrogens is 1. The standard InChI is InChI=1S/C27H25BrN2O6/c1-34-19-11-29-12-20-23(19)26(33)24(31)21(25(32)30-18-13-35-14-18)22(15-5-3-2-4-6-15)27(26,36-20)16-7-9-17(28)10-8-16/h2-12,18,21-22,24,31,33H,13-14H2,1H3,(H,30,32)/t21-,22-,24-,26?,27+/m1/s1. The lowest BCUT2D eigenvalue weighted by Crippen LogP contribution is -2.53. The number of carbonyl (C=O) groups is 1. The highest BCUT2D eigenvalue weighted by Crippen LogP contribution is 2.69. The zero-order valence-electron chi connectivity index (χ0n) is 19.4. The number of hydrogen-bond donors (Lipinski definition) is 3. The molecule has 36 heavy (non-hydrogen) atoms. The minimum absolute atomic E-state index is 0.147. The van der Waals surface area contributed by atoms with Crippen LogP contribution >= 0.6 is 15.9 Å². The molecule has 186 valence electrons. The average Bonchev–Trinajstić information content (AvgIpc) is 3.25. The number of hydrogen-bond acceptors (Lipinski definition) is 7. The van der Waals surface area contributed by atoms with Gasteiger partial charge >= 0.3 is 0 Å². The molecule has 5 atom stereocenters. The third-order valence-electron chi connectivity index (χ3n) is 7.60. The number of pyridine rings is 1. The Bertz CT molecular complexity index is 1300. The van der Waals surface area contributed by atoms with Gasteiger partial charge in [0.15, 0.2) is 11.2 Å². The summed E-state index contributed by atoms with van der Waals surface area (Å²) in [6.07, 6.45) is 1.45. The van der Waals surface area contributed by atoms with Crippen molar-refractivity contribution >= 4 is 21.8 Å². The van der Waals surface area contributed by atoms with Crippen molar-refractivity contribution in [1.29, 1.82) is 0 Å². The van der Waals surface area contributed by atoms with Crippen LogP contribution in [0.1, 0.15) is 22.6 Å². The van der Waals surface area contributed by atoms with Gasteiger partial charge in [0.1, 0.15) is 17.6 Å². The van der Waals surface area contributed by atoms with Gasteiger partial charge < -0.3 is 29.7 Å². The lowest BCUT2D eigenvalue weighted by atomic mass is 9.70. The van der Waals surface area contributed by atoms with Crippen LogP contribution in [0.4, 0.5) is 0 Å². The molecular formula is C27H25BrN2O6. The molecule has 6 rings (SSSR count). The van der Waals surface area contributed by atoms with Crippen molar-refractivity contribution in [2.24, 2.45) is 5.92 Å². The zero-order chi connectivity index (χ0) is 25.1. The summed E-state index contributed by atoms with van der Waals surface area (Å²) in [5, 5.41) is 27.6. The van der Waals surface area contributed by atoms with Gasteiger partial charge in [0.05, 0.1) is 50.2 Å². The summed E-state index contributed by atoms with van der Waals surface area (Å²) in [4.78, 5) is 18.0. The fourth-order valence-electron chi connectivity index (χ4n) is 6.00. The molecule has 2 aliphatic heterocycles. The average molecular weight is 553 g/mol. The van der Waals surface area contributed by atoms with E-state index in [0.29, 0.717) is 24.5 Å². The molecule has 1 saturated heterocycles. The first-order valence-electron chi connectivity index (χ1n) is 11.7. The Balaban J connectivity index is 1.63. The molecule has 1 unspecified atom stereocenters. The van der Waals surface area contributed by atoms with E-state index >= 15 is 0 Å². The normalized spacial score (nSPS) is 30.6. The molecule has 1 aliphatic carbocycles. The molecule has 2 aromatic carbocycles. The summed E-state index contributed by atoms with van der Waals surface area (Å²) in [5.74, 6) is -1.59. The first kappa shape index (κ1) is 23.4. The minimum Gasteiger partial charge on any atom is -0.495 e. The lowest BCUT2D eigenvalue weighted by Gasteiger charge is -2.40. The van der Waals surface area contributed by atoms with Crippen molar-refractivity contribution in [3.05, 3.63) is 88.2 Å². The van der Waals surface area contributed by atoms with Gasteiger partial charge in [-0.25, -0.2) is 0 Å². The first-order valence-corrected chi connectivity index (χ1v) is 12.5. The van der Waals surface area contributed by atoms with Gasteiger partial charge in [-0.05, 0) is 23.3 Å². The highest BCUT2D eigenvalue weighted by Gasteiger charge is 2.78. The number of amides is 1. The second-order valence-electron chi connectivity index (χ2n) is 9.43.